The van der Waals surface area contributed by atoms with Crippen LogP contribution in [0.4, 0.5) is 13.2 Å². The highest BCUT2D eigenvalue weighted by Crippen LogP contribution is 2.38. The molecule has 0 aliphatic rings. The number of carboxylic acid groups (broad SMARTS) is 1. The summed E-state index contributed by atoms with van der Waals surface area (Å²) in [4.78, 5) is 16.0. The number of benzene rings is 2. The molecule has 0 aliphatic heterocycles. The summed E-state index contributed by atoms with van der Waals surface area (Å²) < 4.78 is 49.2. The molecule has 2 heterocycles. The Morgan fingerprint density at radius 3 is 2.35 bits per heavy atom. The first-order chi connectivity index (χ1) is 16.2. The number of carboxylic acids is 1. The third kappa shape index (κ3) is 5.67. The molecule has 0 saturated heterocycles. The SMILES string of the molecule is O=C(O)c1ccc(Cn2cc(C(OCc3ccccc3)C(F)(F)F)nc2-c2ccc(Cl)s2)cc1. The molecular weight excluding hydrogens is 489 g/mol. The molecule has 1 N–H and O–H groups in total. The number of carbonyl (C=O) groups is 1. The predicted octanol–water partition coefficient (Wildman–Crippen LogP) is 6.83. The molecule has 0 spiro atoms. The maximum Gasteiger partial charge on any atom is 0.420 e. The van der Waals surface area contributed by atoms with Crippen molar-refractivity contribution >= 4 is 28.9 Å². The molecule has 0 radical (unpaired) electrons. The third-order valence-electron chi connectivity index (χ3n) is 4.97. The summed E-state index contributed by atoms with van der Waals surface area (Å²) in [5.41, 5.74) is 1.16. The first-order valence-corrected chi connectivity index (χ1v) is 11.3. The van der Waals surface area contributed by atoms with Gasteiger partial charge in [-0.3, -0.25) is 0 Å². The summed E-state index contributed by atoms with van der Waals surface area (Å²) in [6.07, 6.45) is -5.59. The number of aromatic nitrogens is 2. The van der Waals surface area contributed by atoms with Crippen LogP contribution < -0.4 is 0 Å². The summed E-state index contributed by atoms with van der Waals surface area (Å²) in [6, 6.07) is 18.0. The Bertz CT molecular complexity index is 1270. The maximum atomic E-state index is 14.0. The lowest BCUT2D eigenvalue weighted by atomic mass is 10.1. The van der Waals surface area contributed by atoms with Crippen LogP contribution in [0.2, 0.25) is 4.34 Å². The van der Waals surface area contributed by atoms with Crippen molar-refractivity contribution in [2.45, 2.75) is 25.4 Å². The van der Waals surface area contributed by atoms with Gasteiger partial charge in [0.15, 0.2) is 11.9 Å². The first kappa shape index (κ1) is 24.0. The molecule has 10 heteroatoms. The van der Waals surface area contributed by atoms with Crippen molar-refractivity contribution in [2.24, 2.45) is 0 Å². The van der Waals surface area contributed by atoms with Gasteiger partial charge >= 0.3 is 12.1 Å². The van der Waals surface area contributed by atoms with Crippen LogP contribution in [0.5, 0.6) is 0 Å². The van der Waals surface area contributed by atoms with Gasteiger partial charge in [-0.05, 0) is 35.4 Å². The summed E-state index contributed by atoms with van der Waals surface area (Å²) in [6.45, 7) is -0.0459. The highest BCUT2D eigenvalue weighted by molar-refractivity contribution is 7.19. The molecule has 0 aliphatic carbocycles. The zero-order chi connectivity index (χ0) is 24.3. The molecule has 0 bridgehead atoms. The molecule has 4 rings (SSSR count). The number of imidazole rings is 1. The molecule has 0 saturated carbocycles. The Kier molecular flexibility index (Phi) is 7.06. The lowest BCUT2D eigenvalue weighted by molar-refractivity contribution is -0.228. The molecule has 0 amide bonds. The molecule has 1 atom stereocenters. The number of alkyl halides is 3. The van der Waals surface area contributed by atoms with Gasteiger partial charge in [0.25, 0.3) is 0 Å². The smallest absolute Gasteiger partial charge is 0.420 e. The summed E-state index contributed by atoms with van der Waals surface area (Å²) >= 11 is 7.25. The van der Waals surface area contributed by atoms with Crippen LogP contribution in [0, 0.1) is 0 Å². The number of thiophene rings is 1. The van der Waals surface area contributed by atoms with E-state index in [2.05, 4.69) is 4.98 Å². The van der Waals surface area contributed by atoms with Crippen LogP contribution in [-0.4, -0.2) is 26.8 Å². The van der Waals surface area contributed by atoms with Gasteiger partial charge in [-0.1, -0.05) is 54.1 Å². The van der Waals surface area contributed by atoms with Crippen LogP contribution in [0.25, 0.3) is 10.7 Å². The van der Waals surface area contributed by atoms with Crippen molar-refractivity contribution < 1.29 is 27.8 Å². The van der Waals surface area contributed by atoms with Gasteiger partial charge in [0, 0.05) is 12.7 Å². The number of hydrogen-bond donors (Lipinski definition) is 1. The second kappa shape index (κ2) is 10.0. The Morgan fingerprint density at radius 2 is 1.76 bits per heavy atom. The van der Waals surface area contributed by atoms with E-state index in [1.807, 2.05) is 0 Å². The molecule has 1 unspecified atom stereocenters. The Hall–Kier alpha value is -3.14. The minimum atomic E-state index is -4.68. The summed E-state index contributed by atoms with van der Waals surface area (Å²) in [5.74, 6) is -0.749. The standard InChI is InChI=1S/C24H18ClF3N2O3S/c25-20-11-10-19(34-20)22-29-18(13-30(22)12-15-6-8-17(9-7-15)23(31)32)21(24(26,27)28)33-14-16-4-2-1-3-5-16/h1-11,13,21H,12,14H2,(H,31,32). The van der Waals surface area contributed by atoms with Crippen molar-refractivity contribution in [3.63, 3.8) is 0 Å². The van der Waals surface area contributed by atoms with Crippen LogP contribution in [0.15, 0.2) is 72.9 Å². The van der Waals surface area contributed by atoms with Crippen molar-refractivity contribution in [3.05, 3.63) is 99.6 Å². The van der Waals surface area contributed by atoms with Gasteiger partial charge in [0.05, 0.1) is 27.1 Å². The maximum absolute atomic E-state index is 14.0. The van der Waals surface area contributed by atoms with E-state index in [0.717, 1.165) is 0 Å². The van der Waals surface area contributed by atoms with Crippen LogP contribution in [0.3, 0.4) is 0 Å². The Labute approximate surface area is 202 Å². The van der Waals surface area contributed by atoms with E-state index in [-0.39, 0.29) is 24.4 Å². The number of halogens is 4. The molecule has 34 heavy (non-hydrogen) atoms. The summed E-state index contributed by atoms with van der Waals surface area (Å²) in [5, 5.41) is 9.09. The molecule has 0 fully saturated rings. The topological polar surface area (TPSA) is 64.3 Å². The van der Waals surface area contributed by atoms with Gasteiger partial charge in [-0.2, -0.15) is 13.2 Å². The molecule has 2 aromatic carbocycles. The van der Waals surface area contributed by atoms with Gasteiger partial charge in [-0.15, -0.1) is 11.3 Å². The number of nitrogens with zero attached hydrogens (tertiary/aromatic N) is 2. The number of ether oxygens (including phenoxy) is 1. The number of hydrogen-bond acceptors (Lipinski definition) is 4. The van der Waals surface area contributed by atoms with Crippen LogP contribution in [0.1, 0.15) is 33.3 Å². The van der Waals surface area contributed by atoms with E-state index >= 15 is 0 Å². The van der Waals surface area contributed by atoms with Crippen molar-refractivity contribution in [2.75, 3.05) is 0 Å². The quantitative estimate of drug-likeness (QED) is 0.284. The average Bonchev–Trinajstić information content (AvgIpc) is 3.40. The highest BCUT2D eigenvalue weighted by Gasteiger charge is 2.44. The number of aromatic carboxylic acids is 1. The Morgan fingerprint density at radius 1 is 1.06 bits per heavy atom. The van der Waals surface area contributed by atoms with E-state index in [9.17, 15) is 18.0 Å². The van der Waals surface area contributed by atoms with Gasteiger partial charge in [0.2, 0.25) is 0 Å². The van der Waals surface area contributed by atoms with Crippen LogP contribution >= 0.6 is 22.9 Å². The zero-order valence-electron chi connectivity index (χ0n) is 17.5. The van der Waals surface area contributed by atoms with E-state index < -0.39 is 18.2 Å². The van der Waals surface area contributed by atoms with Crippen molar-refractivity contribution in [1.82, 2.24) is 9.55 Å². The lowest BCUT2D eigenvalue weighted by Crippen LogP contribution is -2.24. The van der Waals surface area contributed by atoms with E-state index in [1.54, 1.807) is 59.2 Å². The minimum absolute atomic E-state index is 0.117. The fourth-order valence-corrected chi connectivity index (χ4v) is 4.41. The fourth-order valence-electron chi connectivity index (χ4n) is 3.36. The van der Waals surface area contributed by atoms with Crippen molar-refractivity contribution in [3.8, 4) is 10.7 Å². The second-order valence-electron chi connectivity index (χ2n) is 7.44. The van der Waals surface area contributed by atoms with Gasteiger partial charge in [0.1, 0.15) is 0 Å². The lowest BCUT2D eigenvalue weighted by Gasteiger charge is -2.19. The number of rotatable bonds is 8. The zero-order valence-corrected chi connectivity index (χ0v) is 19.1. The van der Waals surface area contributed by atoms with Gasteiger partial charge < -0.3 is 14.4 Å². The molecule has 5 nitrogen and oxygen atoms in total. The highest BCUT2D eigenvalue weighted by atomic mass is 35.5. The minimum Gasteiger partial charge on any atom is -0.478 e. The van der Waals surface area contributed by atoms with Crippen molar-refractivity contribution in [1.29, 1.82) is 0 Å². The van der Waals surface area contributed by atoms with E-state index in [4.69, 9.17) is 21.4 Å². The Balaban J connectivity index is 1.68. The summed E-state index contributed by atoms with van der Waals surface area (Å²) in [7, 11) is 0. The second-order valence-corrected chi connectivity index (χ2v) is 9.16. The first-order valence-electron chi connectivity index (χ1n) is 10.1. The molecule has 4 aromatic rings. The largest absolute Gasteiger partial charge is 0.478 e. The normalized spacial score (nSPS) is 12.6. The molecule has 2 aromatic heterocycles. The van der Waals surface area contributed by atoms with E-state index in [0.29, 0.717) is 26.2 Å². The molecular formula is C24H18ClF3N2O3S. The monoisotopic (exact) mass is 506 g/mol. The van der Waals surface area contributed by atoms with Gasteiger partial charge in [-0.25, -0.2) is 9.78 Å². The fraction of sp³-hybridized carbons (Fsp3) is 0.167. The predicted molar refractivity (Wildman–Crippen MR) is 123 cm³/mol. The molecule has 176 valence electrons. The van der Waals surface area contributed by atoms with Crippen LogP contribution in [-0.2, 0) is 17.9 Å². The average molecular weight is 507 g/mol. The van der Waals surface area contributed by atoms with E-state index in [1.165, 1.54) is 29.7 Å². The third-order valence-corrected chi connectivity index (χ3v) is 6.20.